The van der Waals surface area contributed by atoms with E-state index in [1.807, 2.05) is 12.1 Å². The van der Waals surface area contributed by atoms with Crippen molar-refractivity contribution < 1.29 is 9.53 Å². The van der Waals surface area contributed by atoms with Crippen LogP contribution in [-0.4, -0.2) is 43.7 Å². The van der Waals surface area contributed by atoms with E-state index in [1.54, 1.807) is 0 Å². The lowest BCUT2D eigenvalue weighted by atomic mass is 9.98. The SMILES string of the molecule is CN1CCC(OC(=O)c2ccc3c(c2)CNCC3)CC1. The van der Waals surface area contributed by atoms with Crippen LogP contribution in [0.15, 0.2) is 18.2 Å². The van der Waals surface area contributed by atoms with Crippen molar-refractivity contribution in [3.63, 3.8) is 0 Å². The first-order valence-corrected chi connectivity index (χ1v) is 7.44. The number of piperidine rings is 1. The molecule has 1 saturated heterocycles. The van der Waals surface area contributed by atoms with Gasteiger partial charge in [-0.25, -0.2) is 4.79 Å². The van der Waals surface area contributed by atoms with Crippen LogP contribution in [0.5, 0.6) is 0 Å². The molecule has 3 rings (SSSR count). The standard InChI is InChI=1S/C16H22N2O2/c1-18-8-5-15(6-9-18)20-16(19)13-3-2-12-4-7-17-11-14(12)10-13/h2-3,10,15,17H,4-9,11H2,1H3. The molecular weight excluding hydrogens is 252 g/mol. The zero-order valence-corrected chi connectivity index (χ0v) is 12.0. The van der Waals surface area contributed by atoms with Gasteiger partial charge in [-0.3, -0.25) is 0 Å². The summed E-state index contributed by atoms with van der Waals surface area (Å²) in [6.07, 6.45) is 3.00. The van der Waals surface area contributed by atoms with E-state index in [2.05, 4.69) is 23.3 Å². The number of carbonyl (C=O) groups is 1. The van der Waals surface area contributed by atoms with E-state index in [0.29, 0.717) is 5.56 Å². The van der Waals surface area contributed by atoms with Gasteiger partial charge in [-0.1, -0.05) is 6.07 Å². The van der Waals surface area contributed by atoms with Crippen LogP contribution < -0.4 is 5.32 Å². The molecule has 2 aliphatic heterocycles. The van der Waals surface area contributed by atoms with E-state index in [0.717, 1.165) is 45.4 Å². The Bertz CT molecular complexity index is 493. The third kappa shape index (κ3) is 3.02. The van der Waals surface area contributed by atoms with Crippen LogP contribution in [-0.2, 0) is 17.7 Å². The molecule has 108 valence electrons. The molecule has 2 aliphatic rings. The molecule has 0 amide bonds. The molecule has 0 radical (unpaired) electrons. The number of fused-ring (bicyclic) bond motifs is 1. The minimum Gasteiger partial charge on any atom is -0.459 e. The molecule has 0 aromatic heterocycles. The van der Waals surface area contributed by atoms with Gasteiger partial charge in [-0.2, -0.15) is 0 Å². The van der Waals surface area contributed by atoms with Crippen molar-refractivity contribution in [2.75, 3.05) is 26.7 Å². The van der Waals surface area contributed by atoms with Crippen molar-refractivity contribution in [2.24, 2.45) is 0 Å². The topological polar surface area (TPSA) is 41.6 Å². The fourth-order valence-corrected chi connectivity index (χ4v) is 2.93. The molecule has 4 heteroatoms. The third-order valence-electron chi connectivity index (χ3n) is 4.27. The van der Waals surface area contributed by atoms with E-state index in [1.165, 1.54) is 11.1 Å². The second-order valence-corrected chi connectivity index (χ2v) is 5.82. The first kappa shape index (κ1) is 13.6. The lowest BCUT2D eigenvalue weighted by Gasteiger charge is -2.28. The predicted molar refractivity (Wildman–Crippen MR) is 77.8 cm³/mol. The Morgan fingerprint density at radius 1 is 1.30 bits per heavy atom. The summed E-state index contributed by atoms with van der Waals surface area (Å²) in [5.41, 5.74) is 3.26. The Morgan fingerprint density at radius 3 is 2.90 bits per heavy atom. The normalized spacial score (nSPS) is 20.4. The van der Waals surface area contributed by atoms with Gasteiger partial charge in [0.1, 0.15) is 6.10 Å². The van der Waals surface area contributed by atoms with Crippen LogP contribution in [0.3, 0.4) is 0 Å². The maximum Gasteiger partial charge on any atom is 0.338 e. The Morgan fingerprint density at radius 2 is 2.10 bits per heavy atom. The van der Waals surface area contributed by atoms with Gasteiger partial charge >= 0.3 is 5.97 Å². The molecule has 2 heterocycles. The molecule has 0 bridgehead atoms. The minimum atomic E-state index is -0.173. The Balaban J connectivity index is 1.65. The number of nitrogens with one attached hydrogen (secondary N) is 1. The van der Waals surface area contributed by atoms with Crippen molar-refractivity contribution in [3.8, 4) is 0 Å². The fourth-order valence-electron chi connectivity index (χ4n) is 2.93. The number of benzene rings is 1. The number of nitrogens with zero attached hydrogens (tertiary/aromatic N) is 1. The molecule has 0 unspecified atom stereocenters. The summed E-state index contributed by atoms with van der Waals surface area (Å²) in [6, 6.07) is 5.96. The lowest BCUT2D eigenvalue weighted by Crippen LogP contribution is -2.35. The van der Waals surface area contributed by atoms with E-state index in [-0.39, 0.29) is 12.1 Å². The summed E-state index contributed by atoms with van der Waals surface area (Å²) < 4.78 is 5.63. The molecule has 20 heavy (non-hydrogen) atoms. The summed E-state index contributed by atoms with van der Waals surface area (Å²) in [7, 11) is 2.11. The van der Waals surface area contributed by atoms with E-state index in [4.69, 9.17) is 4.74 Å². The van der Waals surface area contributed by atoms with Crippen LogP contribution >= 0.6 is 0 Å². The number of likely N-dealkylation sites (tertiary alicyclic amines) is 1. The number of ether oxygens (including phenoxy) is 1. The smallest absolute Gasteiger partial charge is 0.338 e. The molecular formula is C16H22N2O2. The third-order valence-corrected chi connectivity index (χ3v) is 4.27. The monoisotopic (exact) mass is 274 g/mol. The van der Waals surface area contributed by atoms with Crippen LogP contribution in [0.1, 0.15) is 34.3 Å². The lowest BCUT2D eigenvalue weighted by molar-refractivity contribution is 0.0139. The highest BCUT2D eigenvalue weighted by atomic mass is 16.5. The van der Waals surface area contributed by atoms with Crippen LogP contribution in [0.4, 0.5) is 0 Å². The van der Waals surface area contributed by atoms with Gasteiger partial charge in [0.2, 0.25) is 0 Å². The van der Waals surface area contributed by atoms with E-state index < -0.39 is 0 Å². The van der Waals surface area contributed by atoms with Crippen molar-refractivity contribution in [3.05, 3.63) is 34.9 Å². The number of esters is 1. The van der Waals surface area contributed by atoms with Crippen LogP contribution in [0.2, 0.25) is 0 Å². The average Bonchev–Trinajstić information content (AvgIpc) is 2.49. The molecule has 0 atom stereocenters. The minimum absolute atomic E-state index is 0.0767. The molecule has 1 aromatic carbocycles. The molecule has 1 fully saturated rings. The fraction of sp³-hybridized carbons (Fsp3) is 0.562. The molecule has 0 saturated carbocycles. The van der Waals surface area contributed by atoms with Gasteiger partial charge in [0.15, 0.2) is 0 Å². The second kappa shape index (κ2) is 5.94. The zero-order valence-electron chi connectivity index (χ0n) is 12.0. The quantitative estimate of drug-likeness (QED) is 0.832. The largest absolute Gasteiger partial charge is 0.459 e. The summed E-state index contributed by atoms with van der Waals surface area (Å²) >= 11 is 0. The van der Waals surface area contributed by atoms with E-state index in [9.17, 15) is 4.79 Å². The van der Waals surface area contributed by atoms with Gasteiger partial charge in [0.25, 0.3) is 0 Å². The molecule has 1 N–H and O–H groups in total. The summed E-state index contributed by atoms with van der Waals surface area (Å²) in [5, 5.41) is 3.34. The van der Waals surface area contributed by atoms with Crippen molar-refractivity contribution in [2.45, 2.75) is 31.9 Å². The summed E-state index contributed by atoms with van der Waals surface area (Å²) in [5.74, 6) is -0.173. The number of carbonyl (C=O) groups excluding carboxylic acids is 1. The molecule has 0 spiro atoms. The predicted octanol–water partition coefficient (Wildman–Crippen LogP) is 1.58. The number of hydrogen-bond donors (Lipinski definition) is 1. The van der Waals surface area contributed by atoms with Gasteiger partial charge in [-0.05, 0) is 56.1 Å². The summed E-state index contributed by atoms with van der Waals surface area (Å²) in [6.45, 7) is 3.88. The number of hydrogen-bond acceptors (Lipinski definition) is 4. The van der Waals surface area contributed by atoms with Crippen molar-refractivity contribution in [1.29, 1.82) is 0 Å². The Hall–Kier alpha value is -1.39. The molecule has 1 aromatic rings. The van der Waals surface area contributed by atoms with Crippen LogP contribution in [0.25, 0.3) is 0 Å². The van der Waals surface area contributed by atoms with E-state index >= 15 is 0 Å². The van der Waals surface area contributed by atoms with Gasteiger partial charge < -0.3 is 15.0 Å². The highest BCUT2D eigenvalue weighted by Crippen LogP contribution is 2.19. The maximum atomic E-state index is 12.2. The van der Waals surface area contributed by atoms with Gasteiger partial charge in [0.05, 0.1) is 5.56 Å². The molecule has 0 aliphatic carbocycles. The van der Waals surface area contributed by atoms with Crippen molar-refractivity contribution in [1.82, 2.24) is 10.2 Å². The van der Waals surface area contributed by atoms with Gasteiger partial charge in [0, 0.05) is 19.6 Å². The molecule has 4 nitrogen and oxygen atoms in total. The average molecular weight is 274 g/mol. The zero-order chi connectivity index (χ0) is 13.9. The Labute approximate surface area is 120 Å². The summed E-state index contributed by atoms with van der Waals surface area (Å²) in [4.78, 5) is 14.5. The number of rotatable bonds is 2. The van der Waals surface area contributed by atoms with Crippen molar-refractivity contribution >= 4 is 5.97 Å². The highest BCUT2D eigenvalue weighted by molar-refractivity contribution is 5.89. The van der Waals surface area contributed by atoms with Gasteiger partial charge in [-0.15, -0.1) is 0 Å². The Kier molecular flexibility index (Phi) is 4.03. The maximum absolute atomic E-state index is 12.2. The highest BCUT2D eigenvalue weighted by Gasteiger charge is 2.21. The first-order chi connectivity index (χ1) is 9.72. The second-order valence-electron chi connectivity index (χ2n) is 5.82. The van der Waals surface area contributed by atoms with Crippen LogP contribution in [0, 0.1) is 0 Å². The first-order valence-electron chi connectivity index (χ1n) is 7.44.